The van der Waals surface area contributed by atoms with Gasteiger partial charge in [-0.25, -0.2) is 8.42 Å². The van der Waals surface area contributed by atoms with Crippen LogP contribution in [0.2, 0.25) is 10.0 Å². The first-order valence-corrected chi connectivity index (χ1v) is 12.0. The molecule has 31 heavy (non-hydrogen) atoms. The smallest absolute Gasteiger partial charge is 0.244 e. The molecule has 0 unspecified atom stereocenters. The Balaban J connectivity index is 2.38. The van der Waals surface area contributed by atoms with Gasteiger partial charge in [-0.15, -0.1) is 0 Å². The monoisotopic (exact) mass is 485 g/mol. The first-order chi connectivity index (χ1) is 14.4. The van der Waals surface area contributed by atoms with E-state index in [1.54, 1.807) is 49.4 Å². The minimum absolute atomic E-state index is 0.0514. The SMILES string of the molecule is CNC(=O)[C@H](C)N(Cc1ccc(Cl)c(Cl)c1)C(=O)CN(c1ccc(C)cc1)S(C)(=O)=O. The number of hydrogen-bond acceptors (Lipinski definition) is 4. The number of rotatable bonds is 8. The molecule has 0 aliphatic heterocycles. The predicted molar refractivity (Wildman–Crippen MR) is 124 cm³/mol. The average Bonchev–Trinajstić information content (AvgIpc) is 2.71. The van der Waals surface area contributed by atoms with Crippen molar-refractivity contribution in [2.45, 2.75) is 26.4 Å². The van der Waals surface area contributed by atoms with E-state index in [1.807, 2.05) is 6.92 Å². The number of amides is 2. The van der Waals surface area contributed by atoms with Crippen LogP contribution in [0.4, 0.5) is 5.69 Å². The second-order valence-electron chi connectivity index (χ2n) is 7.17. The maximum Gasteiger partial charge on any atom is 0.244 e. The molecule has 7 nitrogen and oxygen atoms in total. The molecule has 168 valence electrons. The van der Waals surface area contributed by atoms with Gasteiger partial charge in [0.25, 0.3) is 0 Å². The Morgan fingerprint density at radius 3 is 2.19 bits per heavy atom. The third-order valence-corrected chi connectivity index (χ3v) is 6.63. The van der Waals surface area contributed by atoms with Crippen LogP contribution in [0.3, 0.4) is 0 Å². The van der Waals surface area contributed by atoms with Gasteiger partial charge in [0.05, 0.1) is 22.0 Å². The van der Waals surface area contributed by atoms with Crippen LogP contribution in [-0.4, -0.2) is 51.0 Å². The van der Waals surface area contributed by atoms with Crippen LogP contribution < -0.4 is 9.62 Å². The number of benzene rings is 2. The largest absolute Gasteiger partial charge is 0.357 e. The molecule has 0 aliphatic rings. The highest BCUT2D eigenvalue weighted by atomic mass is 35.5. The molecule has 10 heteroatoms. The van der Waals surface area contributed by atoms with Gasteiger partial charge in [-0.05, 0) is 43.7 Å². The highest BCUT2D eigenvalue weighted by molar-refractivity contribution is 7.92. The highest BCUT2D eigenvalue weighted by Gasteiger charge is 2.29. The summed E-state index contributed by atoms with van der Waals surface area (Å²) in [7, 11) is -2.28. The summed E-state index contributed by atoms with van der Waals surface area (Å²) >= 11 is 12.0. The standard InChI is InChI=1S/C21H25Cl2N3O4S/c1-14-5-8-17(9-6-14)26(31(4,29)30)13-20(27)25(15(2)21(28)24-3)12-16-7-10-18(22)19(23)11-16/h5-11,15H,12-13H2,1-4H3,(H,24,28)/t15-/m0/s1. The van der Waals surface area contributed by atoms with E-state index in [4.69, 9.17) is 23.2 Å². The van der Waals surface area contributed by atoms with Crippen molar-refractivity contribution >= 4 is 50.7 Å². The molecule has 0 radical (unpaired) electrons. The molecule has 2 aromatic rings. The Morgan fingerprint density at radius 2 is 1.68 bits per heavy atom. The molecule has 2 aromatic carbocycles. The van der Waals surface area contributed by atoms with Gasteiger partial charge >= 0.3 is 0 Å². The van der Waals surface area contributed by atoms with Crippen LogP contribution in [0.1, 0.15) is 18.1 Å². The van der Waals surface area contributed by atoms with E-state index >= 15 is 0 Å². The van der Waals surface area contributed by atoms with Crippen LogP contribution >= 0.6 is 23.2 Å². The van der Waals surface area contributed by atoms with Crippen molar-refractivity contribution in [1.82, 2.24) is 10.2 Å². The van der Waals surface area contributed by atoms with Crippen molar-refractivity contribution in [1.29, 1.82) is 0 Å². The molecule has 0 saturated heterocycles. The van der Waals surface area contributed by atoms with Gasteiger partial charge in [0, 0.05) is 13.6 Å². The molecule has 0 heterocycles. The van der Waals surface area contributed by atoms with Gasteiger partial charge in [0.2, 0.25) is 21.8 Å². The number of carbonyl (C=O) groups is 2. The Bertz CT molecular complexity index is 1060. The third-order valence-electron chi connectivity index (χ3n) is 4.75. The molecule has 1 atom stereocenters. The number of carbonyl (C=O) groups excluding carboxylic acids is 2. The molecule has 0 aromatic heterocycles. The fourth-order valence-electron chi connectivity index (χ4n) is 2.95. The van der Waals surface area contributed by atoms with Gasteiger partial charge in [0.15, 0.2) is 0 Å². The van der Waals surface area contributed by atoms with Gasteiger partial charge in [0.1, 0.15) is 12.6 Å². The number of aryl methyl sites for hydroxylation is 1. The topological polar surface area (TPSA) is 86.8 Å². The molecule has 0 fully saturated rings. The lowest BCUT2D eigenvalue weighted by Crippen LogP contribution is -2.50. The summed E-state index contributed by atoms with van der Waals surface area (Å²) in [4.78, 5) is 26.8. The molecule has 2 amide bonds. The van der Waals surface area contributed by atoms with Gasteiger partial charge in [-0.2, -0.15) is 0 Å². The van der Waals surface area contributed by atoms with Crippen molar-refractivity contribution < 1.29 is 18.0 Å². The zero-order chi connectivity index (χ0) is 23.3. The first-order valence-electron chi connectivity index (χ1n) is 9.43. The van der Waals surface area contributed by atoms with Gasteiger partial charge in [-0.3, -0.25) is 13.9 Å². The van der Waals surface area contributed by atoms with E-state index in [0.717, 1.165) is 16.1 Å². The van der Waals surface area contributed by atoms with Crippen LogP contribution in [-0.2, 0) is 26.2 Å². The first kappa shape index (κ1) is 25.0. The third kappa shape index (κ3) is 6.59. The highest BCUT2D eigenvalue weighted by Crippen LogP contribution is 2.24. The zero-order valence-corrected chi connectivity index (χ0v) is 20.1. The van der Waals surface area contributed by atoms with Crippen molar-refractivity contribution in [3.63, 3.8) is 0 Å². The Labute approximate surface area is 193 Å². The number of nitrogens with one attached hydrogen (secondary N) is 1. The number of anilines is 1. The minimum Gasteiger partial charge on any atom is -0.357 e. The zero-order valence-electron chi connectivity index (χ0n) is 17.7. The molecule has 0 spiro atoms. The van der Waals surface area contributed by atoms with E-state index in [2.05, 4.69) is 5.32 Å². The molecular formula is C21H25Cl2N3O4S. The van der Waals surface area contributed by atoms with E-state index in [-0.39, 0.29) is 12.5 Å². The predicted octanol–water partition coefficient (Wildman–Crippen LogP) is 3.23. The molecule has 1 N–H and O–H groups in total. The maximum absolute atomic E-state index is 13.2. The molecular weight excluding hydrogens is 461 g/mol. The number of hydrogen-bond donors (Lipinski definition) is 1. The van der Waals surface area contributed by atoms with E-state index in [1.165, 1.54) is 11.9 Å². The molecule has 0 aliphatic carbocycles. The molecule has 2 rings (SSSR count). The second kappa shape index (κ2) is 10.3. The van der Waals surface area contributed by atoms with Crippen molar-refractivity contribution in [2.75, 3.05) is 24.2 Å². The summed E-state index contributed by atoms with van der Waals surface area (Å²) in [5.41, 5.74) is 1.97. The van der Waals surface area contributed by atoms with Crippen molar-refractivity contribution in [2.24, 2.45) is 0 Å². The number of likely N-dealkylation sites (N-methyl/N-ethyl adjacent to an activating group) is 1. The Hall–Kier alpha value is -2.29. The van der Waals surface area contributed by atoms with Gasteiger partial charge < -0.3 is 10.2 Å². The van der Waals surface area contributed by atoms with Gasteiger partial charge in [-0.1, -0.05) is 47.0 Å². The van der Waals surface area contributed by atoms with Crippen LogP contribution in [0.5, 0.6) is 0 Å². The second-order valence-corrected chi connectivity index (χ2v) is 9.89. The summed E-state index contributed by atoms with van der Waals surface area (Å²) in [6, 6.07) is 10.9. The summed E-state index contributed by atoms with van der Waals surface area (Å²) in [6.45, 7) is 3.05. The lowest BCUT2D eigenvalue weighted by molar-refractivity contribution is -0.139. The lowest BCUT2D eigenvalue weighted by Gasteiger charge is -2.31. The number of nitrogens with zero attached hydrogens (tertiary/aromatic N) is 2. The lowest BCUT2D eigenvalue weighted by atomic mass is 10.1. The van der Waals surface area contributed by atoms with E-state index in [9.17, 15) is 18.0 Å². The minimum atomic E-state index is -3.75. The van der Waals surface area contributed by atoms with Crippen molar-refractivity contribution in [3.8, 4) is 0 Å². The quantitative estimate of drug-likeness (QED) is 0.621. The summed E-state index contributed by atoms with van der Waals surface area (Å²) in [6.07, 6.45) is 1.03. The molecule has 0 bridgehead atoms. The van der Waals surface area contributed by atoms with E-state index < -0.39 is 28.5 Å². The normalized spacial score (nSPS) is 12.2. The summed E-state index contributed by atoms with van der Waals surface area (Å²) in [5.74, 6) is -0.914. The maximum atomic E-state index is 13.2. The summed E-state index contributed by atoms with van der Waals surface area (Å²) < 4.78 is 25.9. The number of sulfonamides is 1. The average molecular weight is 486 g/mol. The van der Waals surface area contributed by atoms with Crippen LogP contribution in [0.25, 0.3) is 0 Å². The van der Waals surface area contributed by atoms with Crippen molar-refractivity contribution in [3.05, 3.63) is 63.6 Å². The van der Waals surface area contributed by atoms with E-state index in [0.29, 0.717) is 21.3 Å². The van der Waals surface area contributed by atoms with Crippen LogP contribution in [0.15, 0.2) is 42.5 Å². The summed E-state index contributed by atoms with van der Waals surface area (Å²) in [5, 5.41) is 3.20. The fourth-order valence-corrected chi connectivity index (χ4v) is 4.12. The number of halogens is 2. The molecule has 0 saturated carbocycles. The Morgan fingerprint density at radius 1 is 1.06 bits per heavy atom. The Kier molecular flexibility index (Phi) is 8.34. The fraction of sp³-hybridized carbons (Fsp3) is 0.333. The van der Waals surface area contributed by atoms with Crippen LogP contribution in [0, 0.1) is 6.92 Å².